The Bertz CT molecular complexity index is 645. The van der Waals surface area contributed by atoms with Gasteiger partial charge in [-0.1, -0.05) is 0 Å². The molecule has 112 valence electrons. The van der Waals surface area contributed by atoms with Crippen LogP contribution < -0.4 is 14.9 Å². The third-order valence-corrected chi connectivity index (χ3v) is 4.13. The number of nitro groups is 1. The lowest BCUT2D eigenvalue weighted by Gasteiger charge is -2.05. The number of hydrogen-bond acceptors (Lipinski definition) is 8. The second-order valence-corrected chi connectivity index (χ2v) is 5.75. The van der Waals surface area contributed by atoms with Crippen LogP contribution in [0.15, 0.2) is 17.6 Å². The summed E-state index contributed by atoms with van der Waals surface area (Å²) in [6.45, 7) is 0.736. The molecular formula is C10H9ClN4O4S2. The van der Waals surface area contributed by atoms with Gasteiger partial charge in [-0.25, -0.2) is 9.82 Å². The van der Waals surface area contributed by atoms with Gasteiger partial charge >= 0.3 is 5.00 Å². The lowest BCUT2D eigenvalue weighted by atomic mass is 10.4. The molecule has 2 heterocycles. The van der Waals surface area contributed by atoms with Crippen molar-refractivity contribution < 1.29 is 14.5 Å². The van der Waals surface area contributed by atoms with Crippen molar-refractivity contribution in [3.8, 4) is 5.75 Å². The Morgan fingerprint density at radius 3 is 3.05 bits per heavy atom. The molecular weight excluding hydrogens is 340 g/mol. The van der Waals surface area contributed by atoms with Crippen LogP contribution >= 0.6 is 34.5 Å². The Morgan fingerprint density at radius 1 is 1.57 bits per heavy atom. The first-order chi connectivity index (χ1) is 10.1. The Morgan fingerprint density at radius 2 is 2.38 bits per heavy atom. The van der Waals surface area contributed by atoms with Crippen molar-refractivity contribution in [1.29, 1.82) is 0 Å². The van der Waals surface area contributed by atoms with Crippen LogP contribution in [-0.2, 0) is 0 Å². The number of rotatable bonds is 7. The van der Waals surface area contributed by atoms with E-state index in [1.54, 1.807) is 11.4 Å². The standard InChI is InChI=1S/C10H9ClN4O4S2/c11-13-2-3-19-6-1-4-20-8(6)9(16)14-10-12-5-7(21-10)15(17)18/h1,4-5,13H,2-3H2,(H,12,14,16). The van der Waals surface area contributed by atoms with Gasteiger partial charge in [0.15, 0.2) is 5.13 Å². The number of anilines is 1. The fourth-order valence-electron chi connectivity index (χ4n) is 1.34. The van der Waals surface area contributed by atoms with Gasteiger partial charge in [-0.05, 0) is 34.6 Å². The largest absolute Gasteiger partial charge is 0.490 e. The summed E-state index contributed by atoms with van der Waals surface area (Å²) in [6, 6.07) is 1.66. The molecule has 2 aromatic rings. The summed E-state index contributed by atoms with van der Waals surface area (Å²) in [5, 5.41) is 14.8. The van der Waals surface area contributed by atoms with Crippen LogP contribution in [0.2, 0.25) is 0 Å². The van der Waals surface area contributed by atoms with Gasteiger partial charge in [0.2, 0.25) is 0 Å². The van der Waals surface area contributed by atoms with Crippen molar-refractivity contribution >= 4 is 50.5 Å². The SMILES string of the molecule is O=C(Nc1ncc([N+](=O)[O-])s1)c1sccc1OCCNCl. The third kappa shape index (κ3) is 4.11. The van der Waals surface area contributed by atoms with Gasteiger partial charge in [0.05, 0.1) is 4.92 Å². The van der Waals surface area contributed by atoms with Crippen LogP contribution in [0.25, 0.3) is 0 Å². The number of aromatic nitrogens is 1. The molecule has 0 radical (unpaired) electrons. The number of nitrogens with zero attached hydrogens (tertiary/aromatic N) is 2. The van der Waals surface area contributed by atoms with Crippen LogP contribution in [0.1, 0.15) is 9.67 Å². The van der Waals surface area contributed by atoms with Crippen molar-refractivity contribution in [2.24, 2.45) is 0 Å². The summed E-state index contributed by atoms with van der Waals surface area (Å²) in [5.41, 5.74) is 0. The monoisotopic (exact) mass is 348 g/mol. The highest BCUT2D eigenvalue weighted by atomic mass is 35.5. The first kappa shape index (κ1) is 15.6. The fraction of sp³-hybridized carbons (Fsp3) is 0.200. The maximum absolute atomic E-state index is 12.1. The molecule has 0 saturated carbocycles. The molecule has 0 unspecified atom stereocenters. The second kappa shape index (κ2) is 7.31. The topological polar surface area (TPSA) is 106 Å². The van der Waals surface area contributed by atoms with E-state index >= 15 is 0 Å². The molecule has 0 aliphatic carbocycles. The molecule has 1 amide bonds. The van der Waals surface area contributed by atoms with Crippen molar-refractivity contribution in [1.82, 2.24) is 9.82 Å². The molecule has 0 aliphatic rings. The molecule has 8 nitrogen and oxygen atoms in total. The maximum Gasteiger partial charge on any atom is 0.345 e. The maximum atomic E-state index is 12.1. The van der Waals surface area contributed by atoms with E-state index in [9.17, 15) is 14.9 Å². The van der Waals surface area contributed by atoms with E-state index in [0.29, 0.717) is 23.8 Å². The molecule has 0 bridgehead atoms. The van der Waals surface area contributed by atoms with Crippen molar-refractivity contribution in [3.63, 3.8) is 0 Å². The normalized spacial score (nSPS) is 10.3. The third-order valence-electron chi connectivity index (χ3n) is 2.18. The number of carbonyl (C=O) groups excluding carboxylic acids is 1. The van der Waals surface area contributed by atoms with Gasteiger partial charge < -0.3 is 4.74 Å². The van der Waals surface area contributed by atoms with Crippen LogP contribution in [0.5, 0.6) is 5.75 Å². The smallest absolute Gasteiger partial charge is 0.345 e. The minimum atomic E-state index is -0.563. The lowest BCUT2D eigenvalue weighted by Crippen LogP contribution is -2.15. The highest BCUT2D eigenvalue weighted by molar-refractivity contribution is 7.19. The average molecular weight is 349 g/mol. The van der Waals surface area contributed by atoms with Gasteiger partial charge in [-0.2, -0.15) is 0 Å². The quantitative estimate of drug-likeness (QED) is 0.344. The molecule has 0 aliphatic heterocycles. The number of thiazole rings is 1. The number of halogens is 1. The van der Waals surface area contributed by atoms with E-state index in [0.717, 1.165) is 17.5 Å². The van der Waals surface area contributed by atoms with E-state index in [1.165, 1.54) is 11.3 Å². The predicted octanol–water partition coefficient (Wildman–Crippen LogP) is 2.49. The average Bonchev–Trinajstić information content (AvgIpc) is 3.08. The number of thiophene rings is 1. The fourth-order valence-corrected chi connectivity index (χ4v) is 2.77. The number of hydrogen-bond donors (Lipinski definition) is 2. The van der Waals surface area contributed by atoms with E-state index in [4.69, 9.17) is 16.5 Å². The molecule has 0 saturated heterocycles. The number of carbonyl (C=O) groups is 1. The van der Waals surface area contributed by atoms with Gasteiger partial charge in [-0.15, -0.1) is 11.3 Å². The molecule has 2 N–H and O–H groups in total. The minimum Gasteiger partial charge on any atom is -0.490 e. The summed E-state index contributed by atoms with van der Waals surface area (Å²) in [6.07, 6.45) is 1.10. The zero-order chi connectivity index (χ0) is 15.2. The van der Waals surface area contributed by atoms with Gasteiger partial charge in [0.1, 0.15) is 23.4 Å². The molecule has 0 atom stereocenters. The van der Waals surface area contributed by atoms with E-state index in [2.05, 4.69) is 15.1 Å². The summed E-state index contributed by atoms with van der Waals surface area (Å²) < 4.78 is 5.40. The predicted molar refractivity (Wildman–Crippen MR) is 80.4 cm³/mol. The lowest BCUT2D eigenvalue weighted by molar-refractivity contribution is -0.380. The van der Waals surface area contributed by atoms with E-state index in [1.807, 2.05) is 0 Å². The van der Waals surface area contributed by atoms with Crippen LogP contribution in [0.4, 0.5) is 10.1 Å². The Balaban J connectivity index is 2.02. The number of amides is 1. The Kier molecular flexibility index (Phi) is 5.44. The van der Waals surface area contributed by atoms with Gasteiger partial charge in [0.25, 0.3) is 5.91 Å². The molecule has 2 aromatic heterocycles. The first-order valence-electron chi connectivity index (χ1n) is 5.57. The van der Waals surface area contributed by atoms with Crippen LogP contribution in [0.3, 0.4) is 0 Å². The minimum absolute atomic E-state index is 0.138. The van der Waals surface area contributed by atoms with Crippen molar-refractivity contribution in [2.45, 2.75) is 0 Å². The molecule has 2 rings (SSSR count). The summed E-state index contributed by atoms with van der Waals surface area (Å²) >= 11 is 7.30. The zero-order valence-electron chi connectivity index (χ0n) is 10.4. The Hall–Kier alpha value is -1.75. The highest BCUT2D eigenvalue weighted by Crippen LogP contribution is 2.28. The van der Waals surface area contributed by atoms with E-state index in [-0.39, 0.29) is 10.1 Å². The highest BCUT2D eigenvalue weighted by Gasteiger charge is 2.18. The summed E-state index contributed by atoms with van der Waals surface area (Å²) in [7, 11) is 0. The molecule has 0 spiro atoms. The molecule has 11 heteroatoms. The van der Waals surface area contributed by atoms with E-state index < -0.39 is 10.8 Å². The zero-order valence-corrected chi connectivity index (χ0v) is 12.8. The molecule has 0 aromatic carbocycles. The number of ether oxygens (including phenoxy) is 1. The second-order valence-electron chi connectivity index (χ2n) is 3.56. The summed E-state index contributed by atoms with van der Waals surface area (Å²) in [5.74, 6) is -0.00134. The van der Waals surface area contributed by atoms with Crippen LogP contribution in [-0.4, -0.2) is 29.0 Å². The number of nitrogens with one attached hydrogen (secondary N) is 2. The van der Waals surface area contributed by atoms with Crippen molar-refractivity contribution in [2.75, 3.05) is 18.5 Å². The van der Waals surface area contributed by atoms with Gasteiger partial charge in [-0.3, -0.25) is 20.2 Å². The summed E-state index contributed by atoms with van der Waals surface area (Å²) in [4.78, 5) is 28.6. The van der Waals surface area contributed by atoms with Gasteiger partial charge in [0, 0.05) is 6.54 Å². The molecule has 21 heavy (non-hydrogen) atoms. The van der Waals surface area contributed by atoms with Crippen LogP contribution in [0, 0.1) is 10.1 Å². The van der Waals surface area contributed by atoms with Crippen molar-refractivity contribution in [3.05, 3.63) is 32.6 Å². The Labute approximate surface area is 132 Å². The first-order valence-corrected chi connectivity index (χ1v) is 7.64. The molecule has 0 fully saturated rings.